The molecule has 0 radical (unpaired) electrons. The molecule has 0 spiro atoms. The lowest BCUT2D eigenvalue weighted by Gasteiger charge is -2.36. The number of thioether (sulfide) groups is 1. The number of benzene rings is 4. The van der Waals surface area contributed by atoms with Crippen LogP contribution >= 0.6 is 11.8 Å². The number of carbonyl (C=O) groups excluding carboxylic acids is 1. The molecule has 3 heteroatoms. The minimum atomic E-state index is -0.243. The molecule has 0 bridgehead atoms. The van der Waals surface area contributed by atoms with E-state index in [9.17, 15) is 4.79 Å². The topological polar surface area (TPSA) is 26.3 Å². The molecule has 0 aliphatic rings. The van der Waals surface area contributed by atoms with Gasteiger partial charge in [0.2, 0.25) is 0 Å². The first-order chi connectivity index (χ1) is 16.2. The number of hydrogen-bond donors (Lipinski definition) is 0. The highest BCUT2D eigenvalue weighted by Crippen LogP contribution is 2.43. The molecule has 4 aromatic carbocycles. The molecule has 33 heavy (non-hydrogen) atoms. The lowest BCUT2D eigenvalue weighted by molar-refractivity contribution is -0.134. The van der Waals surface area contributed by atoms with Crippen LogP contribution in [0.25, 0.3) is 0 Å². The van der Waals surface area contributed by atoms with Gasteiger partial charge in [0.15, 0.2) is 0 Å². The van der Waals surface area contributed by atoms with Crippen LogP contribution in [0.3, 0.4) is 0 Å². The Morgan fingerprint density at radius 3 is 1.58 bits per heavy atom. The van der Waals surface area contributed by atoms with Gasteiger partial charge < -0.3 is 4.74 Å². The monoisotopic (exact) mass is 452 g/mol. The average Bonchev–Trinajstić information content (AvgIpc) is 2.89. The van der Waals surface area contributed by atoms with Gasteiger partial charge in [-0.1, -0.05) is 97.9 Å². The van der Waals surface area contributed by atoms with Crippen LogP contribution in [-0.4, -0.2) is 11.7 Å². The van der Waals surface area contributed by atoms with Gasteiger partial charge in [-0.25, -0.2) is 0 Å². The van der Waals surface area contributed by atoms with E-state index < -0.39 is 0 Å². The Bertz CT molecular complexity index is 1040. The highest BCUT2D eigenvalue weighted by Gasteiger charge is 2.35. The van der Waals surface area contributed by atoms with E-state index in [-0.39, 0.29) is 11.4 Å². The largest absolute Gasteiger partial charge is 0.427 e. The molecule has 166 valence electrons. The van der Waals surface area contributed by atoms with Gasteiger partial charge in [0.05, 0.1) is 0 Å². The molecule has 0 saturated carbocycles. The van der Waals surface area contributed by atoms with Crippen LogP contribution in [0, 0.1) is 0 Å². The number of hydrogen-bond acceptors (Lipinski definition) is 3. The number of carbonyl (C=O) groups is 1. The average molecular weight is 453 g/mol. The fraction of sp³-hybridized carbons (Fsp3) is 0.167. The zero-order valence-electron chi connectivity index (χ0n) is 18.8. The van der Waals surface area contributed by atoms with Crippen molar-refractivity contribution in [1.29, 1.82) is 0 Å². The van der Waals surface area contributed by atoms with Crippen LogP contribution in [0.1, 0.15) is 36.5 Å². The lowest BCUT2D eigenvalue weighted by Crippen LogP contribution is -2.30. The Hall–Kier alpha value is -3.30. The van der Waals surface area contributed by atoms with Gasteiger partial charge in [0.25, 0.3) is 0 Å². The van der Waals surface area contributed by atoms with E-state index in [0.717, 1.165) is 17.1 Å². The van der Waals surface area contributed by atoms with E-state index in [1.165, 1.54) is 16.7 Å². The molecule has 0 unspecified atom stereocenters. The van der Waals surface area contributed by atoms with E-state index in [1.54, 1.807) is 6.92 Å². The second-order valence-electron chi connectivity index (χ2n) is 7.90. The highest BCUT2D eigenvalue weighted by molar-refractivity contribution is 7.99. The van der Waals surface area contributed by atoms with Crippen molar-refractivity contribution in [3.05, 3.63) is 132 Å². The van der Waals surface area contributed by atoms with E-state index >= 15 is 0 Å². The lowest BCUT2D eigenvalue weighted by atomic mass is 9.68. The smallest absolute Gasteiger partial charge is 0.310 e. The molecule has 0 N–H and O–H groups in total. The maximum Gasteiger partial charge on any atom is 0.310 e. The van der Waals surface area contributed by atoms with Crippen molar-refractivity contribution in [2.45, 2.75) is 30.1 Å². The minimum absolute atomic E-state index is 0.214. The Morgan fingerprint density at radius 1 is 0.697 bits per heavy atom. The third-order valence-electron chi connectivity index (χ3n) is 5.89. The molecule has 0 atom stereocenters. The summed E-state index contributed by atoms with van der Waals surface area (Å²) in [6.07, 6.45) is 1.32. The number of esters is 1. The van der Waals surface area contributed by atoms with Crippen molar-refractivity contribution in [1.82, 2.24) is 0 Å². The summed E-state index contributed by atoms with van der Waals surface area (Å²) < 4.78 is 5.30. The van der Waals surface area contributed by atoms with Crippen LogP contribution in [0.15, 0.2) is 120 Å². The molecule has 4 rings (SSSR count). The normalized spacial score (nSPS) is 11.2. The summed E-state index contributed by atoms with van der Waals surface area (Å²) in [7, 11) is 0. The molecule has 0 aliphatic heterocycles. The van der Waals surface area contributed by atoms with Gasteiger partial charge in [-0.15, -0.1) is 11.8 Å². The summed E-state index contributed by atoms with van der Waals surface area (Å²) in [6, 6.07) is 40.2. The Kier molecular flexibility index (Phi) is 7.64. The van der Waals surface area contributed by atoms with E-state index in [4.69, 9.17) is 4.74 Å². The summed E-state index contributed by atoms with van der Waals surface area (Å²) in [5.74, 6) is 1.32. The molecular weight excluding hydrogens is 424 g/mol. The van der Waals surface area contributed by atoms with Gasteiger partial charge in [-0.3, -0.25) is 4.79 Å². The van der Waals surface area contributed by atoms with Crippen molar-refractivity contribution in [3.8, 4) is 5.75 Å². The Labute approximate surface area is 200 Å². The zero-order valence-corrected chi connectivity index (χ0v) is 19.6. The van der Waals surface area contributed by atoms with Gasteiger partial charge in [0.1, 0.15) is 5.75 Å². The number of rotatable bonds is 9. The maximum atomic E-state index is 11.5. The first-order valence-corrected chi connectivity index (χ1v) is 12.3. The third-order valence-corrected chi connectivity index (χ3v) is 6.90. The summed E-state index contributed by atoms with van der Waals surface area (Å²) in [6.45, 7) is 1.80. The van der Waals surface area contributed by atoms with Crippen LogP contribution in [-0.2, 0) is 10.2 Å². The fourth-order valence-corrected chi connectivity index (χ4v) is 5.20. The summed E-state index contributed by atoms with van der Waals surface area (Å²) >= 11 is 1.82. The third kappa shape index (κ3) is 5.37. The van der Waals surface area contributed by atoms with Crippen molar-refractivity contribution in [2.24, 2.45) is 0 Å². The Balaban J connectivity index is 1.63. The quantitative estimate of drug-likeness (QED) is 0.114. The standard InChI is InChI=1S/C30H28O2S/c1-2-29(31)32-27-18-20-28(21-19-27)33-23-22-30(24-12-6-3-7-13-24,25-14-8-4-9-15-25)26-16-10-5-11-17-26/h3-21H,2,22-23H2,1H3. The van der Waals surface area contributed by atoms with Gasteiger partial charge in [-0.2, -0.15) is 0 Å². The predicted molar refractivity (Wildman–Crippen MR) is 137 cm³/mol. The molecule has 0 amide bonds. The van der Waals surface area contributed by atoms with Crippen molar-refractivity contribution >= 4 is 17.7 Å². The molecule has 0 heterocycles. The summed E-state index contributed by atoms with van der Waals surface area (Å²) in [4.78, 5) is 12.7. The molecule has 0 aromatic heterocycles. The van der Waals surface area contributed by atoms with Crippen LogP contribution < -0.4 is 4.74 Å². The van der Waals surface area contributed by atoms with Crippen molar-refractivity contribution in [3.63, 3.8) is 0 Å². The minimum Gasteiger partial charge on any atom is -0.427 e. The van der Waals surface area contributed by atoms with E-state index in [1.807, 2.05) is 36.0 Å². The van der Waals surface area contributed by atoms with Crippen molar-refractivity contribution in [2.75, 3.05) is 5.75 Å². The van der Waals surface area contributed by atoms with Gasteiger partial charge in [0, 0.05) is 16.7 Å². The zero-order chi connectivity index (χ0) is 22.9. The van der Waals surface area contributed by atoms with Gasteiger partial charge in [-0.05, 0) is 53.1 Å². The highest BCUT2D eigenvalue weighted by atomic mass is 32.2. The summed E-state index contributed by atoms with van der Waals surface area (Å²) in [5.41, 5.74) is 3.65. The molecule has 0 fully saturated rings. The second kappa shape index (κ2) is 11.0. The molecule has 0 saturated heterocycles. The Morgan fingerprint density at radius 2 is 1.15 bits per heavy atom. The first-order valence-electron chi connectivity index (χ1n) is 11.3. The molecule has 2 nitrogen and oxygen atoms in total. The molecular formula is C30H28O2S. The van der Waals surface area contributed by atoms with Crippen molar-refractivity contribution < 1.29 is 9.53 Å². The van der Waals surface area contributed by atoms with Crippen LogP contribution in [0.5, 0.6) is 5.75 Å². The van der Waals surface area contributed by atoms with Crippen LogP contribution in [0.4, 0.5) is 0 Å². The van der Waals surface area contributed by atoms with Gasteiger partial charge >= 0.3 is 5.97 Å². The first kappa shape index (κ1) is 22.9. The van der Waals surface area contributed by atoms with Crippen LogP contribution in [0.2, 0.25) is 0 Å². The van der Waals surface area contributed by atoms with E-state index in [2.05, 4.69) is 91.0 Å². The summed E-state index contributed by atoms with van der Waals surface area (Å²) in [5, 5.41) is 0. The second-order valence-corrected chi connectivity index (χ2v) is 9.07. The molecule has 0 aliphatic carbocycles. The van der Waals surface area contributed by atoms with E-state index in [0.29, 0.717) is 12.2 Å². The fourth-order valence-electron chi connectivity index (χ4n) is 4.23. The number of ether oxygens (including phenoxy) is 1. The SMILES string of the molecule is CCC(=O)Oc1ccc(SCCC(c2ccccc2)(c2ccccc2)c2ccccc2)cc1. The predicted octanol–water partition coefficient (Wildman–Crippen LogP) is 7.52. The maximum absolute atomic E-state index is 11.5. The molecule has 4 aromatic rings.